The number of hydrogen-bond acceptors (Lipinski definition) is 1. The van der Waals surface area contributed by atoms with Crippen LogP contribution >= 0.6 is 0 Å². The Morgan fingerprint density at radius 3 is 2.62 bits per heavy atom. The zero-order valence-electron chi connectivity index (χ0n) is 8.55. The highest BCUT2D eigenvalue weighted by Gasteiger charge is 2.30. The fraction of sp³-hybridized carbons (Fsp3) is 0.333. The van der Waals surface area contributed by atoms with E-state index < -0.39 is 11.7 Å². The zero-order valence-corrected chi connectivity index (χ0v) is 8.55. The van der Waals surface area contributed by atoms with Crippen molar-refractivity contribution in [1.82, 2.24) is 0 Å². The first-order valence-electron chi connectivity index (χ1n) is 5.08. The van der Waals surface area contributed by atoms with E-state index in [1.54, 1.807) is 6.07 Å². The van der Waals surface area contributed by atoms with Crippen LogP contribution in [0, 0.1) is 0 Å². The molecule has 0 bridgehead atoms. The summed E-state index contributed by atoms with van der Waals surface area (Å²) in [6.45, 7) is 0.572. The first-order chi connectivity index (χ1) is 7.57. The minimum atomic E-state index is -4.30. The van der Waals surface area contributed by atoms with Crippen LogP contribution in [0.3, 0.4) is 0 Å². The number of halogens is 3. The normalized spacial score (nSPS) is 16.6. The van der Waals surface area contributed by atoms with E-state index in [0.29, 0.717) is 17.9 Å². The van der Waals surface area contributed by atoms with Crippen LogP contribution in [-0.2, 0) is 10.9 Å². The van der Waals surface area contributed by atoms with Crippen molar-refractivity contribution in [1.29, 1.82) is 0 Å². The van der Waals surface area contributed by atoms with Crippen LogP contribution in [0.4, 0.5) is 13.2 Å². The molecule has 0 N–H and O–H groups in total. The van der Waals surface area contributed by atoms with Crippen molar-refractivity contribution in [3.05, 3.63) is 41.5 Å². The van der Waals surface area contributed by atoms with E-state index in [1.165, 1.54) is 6.07 Å². The maximum atomic E-state index is 12.5. The van der Waals surface area contributed by atoms with Crippen molar-refractivity contribution in [2.75, 3.05) is 6.61 Å². The fourth-order valence-corrected chi connectivity index (χ4v) is 1.61. The third-order valence-electron chi connectivity index (χ3n) is 2.41. The van der Waals surface area contributed by atoms with Crippen molar-refractivity contribution in [2.45, 2.75) is 19.0 Å². The Morgan fingerprint density at radius 2 is 2.00 bits per heavy atom. The second kappa shape index (κ2) is 4.20. The van der Waals surface area contributed by atoms with E-state index in [9.17, 15) is 13.2 Å². The zero-order chi connectivity index (χ0) is 11.6. The molecule has 16 heavy (non-hydrogen) atoms. The summed E-state index contributed by atoms with van der Waals surface area (Å²) in [4.78, 5) is 0. The van der Waals surface area contributed by atoms with Gasteiger partial charge in [-0.3, -0.25) is 0 Å². The molecule has 1 aromatic carbocycles. The Hall–Kier alpha value is -1.45. The number of rotatable bonds is 1. The molecule has 1 aliphatic heterocycles. The monoisotopic (exact) mass is 228 g/mol. The molecule has 4 heteroatoms. The molecule has 1 heterocycles. The van der Waals surface area contributed by atoms with Crippen molar-refractivity contribution in [2.24, 2.45) is 0 Å². The predicted molar refractivity (Wildman–Crippen MR) is 54.6 cm³/mol. The van der Waals surface area contributed by atoms with Gasteiger partial charge in [-0.05, 0) is 31.1 Å². The van der Waals surface area contributed by atoms with Gasteiger partial charge >= 0.3 is 6.18 Å². The van der Waals surface area contributed by atoms with Crippen LogP contribution in [0.2, 0.25) is 0 Å². The third kappa shape index (κ3) is 2.38. The first kappa shape index (κ1) is 11.0. The molecule has 0 saturated carbocycles. The number of ether oxygens (including phenoxy) is 1. The fourth-order valence-electron chi connectivity index (χ4n) is 1.61. The Balaban J connectivity index is 2.32. The predicted octanol–water partition coefficient (Wildman–Crippen LogP) is 3.86. The standard InChI is InChI=1S/C12H11F3O/c13-12(14,15)10-5-3-4-9(8-10)11-6-1-2-7-16-11/h3-6,8H,1-2,7H2. The number of benzene rings is 1. The third-order valence-corrected chi connectivity index (χ3v) is 2.41. The molecular weight excluding hydrogens is 217 g/mol. The SMILES string of the molecule is FC(F)(F)c1cccc(C2=CCCCO2)c1. The van der Waals surface area contributed by atoms with Gasteiger partial charge in [-0.1, -0.05) is 12.1 Å². The van der Waals surface area contributed by atoms with Gasteiger partial charge in [-0.15, -0.1) is 0 Å². The average Bonchev–Trinajstić information content (AvgIpc) is 2.29. The largest absolute Gasteiger partial charge is 0.493 e. The van der Waals surface area contributed by atoms with Crippen LogP contribution in [0.5, 0.6) is 0 Å². The van der Waals surface area contributed by atoms with Gasteiger partial charge in [-0.25, -0.2) is 0 Å². The first-order valence-corrected chi connectivity index (χ1v) is 5.08. The summed E-state index contributed by atoms with van der Waals surface area (Å²) in [5.41, 5.74) is -0.144. The summed E-state index contributed by atoms with van der Waals surface area (Å²) in [5, 5.41) is 0. The lowest BCUT2D eigenvalue weighted by Gasteiger charge is -2.16. The summed E-state index contributed by atoms with van der Waals surface area (Å²) in [6, 6.07) is 5.22. The smallest absolute Gasteiger partial charge is 0.416 e. The molecule has 1 aromatic rings. The molecule has 1 nitrogen and oxygen atoms in total. The summed E-state index contributed by atoms with van der Waals surface area (Å²) < 4.78 is 42.7. The van der Waals surface area contributed by atoms with Gasteiger partial charge in [0.25, 0.3) is 0 Å². The molecule has 0 unspecified atom stereocenters. The Morgan fingerprint density at radius 1 is 1.19 bits per heavy atom. The van der Waals surface area contributed by atoms with Crippen LogP contribution in [0.15, 0.2) is 30.3 Å². The van der Waals surface area contributed by atoms with Crippen LogP contribution in [-0.4, -0.2) is 6.61 Å². The minimum absolute atomic E-state index is 0.495. The van der Waals surface area contributed by atoms with Crippen LogP contribution < -0.4 is 0 Å². The van der Waals surface area contributed by atoms with E-state index in [4.69, 9.17) is 4.74 Å². The van der Waals surface area contributed by atoms with E-state index in [-0.39, 0.29) is 0 Å². The quantitative estimate of drug-likeness (QED) is 0.709. The molecule has 0 amide bonds. The van der Waals surface area contributed by atoms with Gasteiger partial charge in [0.1, 0.15) is 5.76 Å². The van der Waals surface area contributed by atoms with Crippen LogP contribution in [0.1, 0.15) is 24.0 Å². The lowest BCUT2D eigenvalue weighted by Crippen LogP contribution is -2.06. The van der Waals surface area contributed by atoms with Gasteiger partial charge in [-0.2, -0.15) is 13.2 Å². The van der Waals surface area contributed by atoms with Crippen LogP contribution in [0.25, 0.3) is 5.76 Å². The second-order valence-electron chi connectivity index (χ2n) is 3.64. The molecule has 0 fully saturated rings. The topological polar surface area (TPSA) is 9.23 Å². The van der Waals surface area contributed by atoms with Crippen molar-refractivity contribution in [3.8, 4) is 0 Å². The Labute approximate surface area is 91.5 Å². The molecule has 0 saturated heterocycles. The molecule has 0 radical (unpaired) electrons. The highest BCUT2D eigenvalue weighted by molar-refractivity contribution is 5.61. The highest BCUT2D eigenvalue weighted by atomic mass is 19.4. The molecule has 0 spiro atoms. The van der Waals surface area contributed by atoms with Gasteiger partial charge in [0.05, 0.1) is 12.2 Å². The van der Waals surface area contributed by atoms with Crippen molar-refractivity contribution in [3.63, 3.8) is 0 Å². The van der Waals surface area contributed by atoms with Gasteiger partial charge < -0.3 is 4.74 Å². The number of alkyl halides is 3. The summed E-state index contributed by atoms with van der Waals surface area (Å²) in [6.07, 6.45) is -0.696. The molecular formula is C12H11F3O. The highest BCUT2D eigenvalue weighted by Crippen LogP contribution is 2.31. The van der Waals surface area contributed by atoms with Gasteiger partial charge in [0.2, 0.25) is 0 Å². The molecule has 86 valence electrons. The lowest BCUT2D eigenvalue weighted by molar-refractivity contribution is -0.137. The molecule has 0 aromatic heterocycles. The summed E-state index contributed by atoms with van der Waals surface area (Å²) in [7, 11) is 0. The maximum Gasteiger partial charge on any atom is 0.416 e. The maximum absolute atomic E-state index is 12.5. The lowest BCUT2D eigenvalue weighted by atomic mass is 10.1. The van der Waals surface area contributed by atoms with E-state index >= 15 is 0 Å². The summed E-state index contributed by atoms with van der Waals surface area (Å²) >= 11 is 0. The minimum Gasteiger partial charge on any atom is -0.493 e. The summed E-state index contributed by atoms with van der Waals surface area (Å²) in [5.74, 6) is 0.553. The average molecular weight is 228 g/mol. The van der Waals surface area contributed by atoms with Crippen molar-refractivity contribution < 1.29 is 17.9 Å². The molecule has 1 aliphatic rings. The molecule has 0 atom stereocenters. The van der Waals surface area contributed by atoms with E-state index in [1.807, 2.05) is 6.08 Å². The van der Waals surface area contributed by atoms with E-state index in [0.717, 1.165) is 25.0 Å². The van der Waals surface area contributed by atoms with Gasteiger partial charge in [0, 0.05) is 5.56 Å². The molecule has 2 rings (SSSR count). The van der Waals surface area contributed by atoms with Crippen molar-refractivity contribution >= 4 is 5.76 Å². The van der Waals surface area contributed by atoms with E-state index in [2.05, 4.69) is 0 Å². The van der Waals surface area contributed by atoms with Gasteiger partial charge in [0.15, 0.2) is 0 Å². The number of allylic oxidation sites excluding steroid dienone is 1. The second-order valence-corrected chi connectivity index (χ2v) is 3.64. The number of hydrogen-bond donors (Lipinski definition) is 0. The Bertz CT molecular complexity index is 407. The molecule has 0 aliphatic carbocycles. The Kier molecular flexibility index (Phi) is 2.90.